The molecule has 3 aromatic rings. The van der Waals surface area contributed by atoms with Crippen molar-refractivity contribution in [2.75, 3.05) is 26.3 Å². The number of hydrogen-bond acceptors (Lipinski definition) is 6. The second-order valence-corrected chi connectivity index (χ2v) is 7.34. The number of hydrazone groups is 1. The standard InChI is InChI=1S/C21H19F3N6O2S/c22-21(23,24)32-18-7-5-17(6-8-18)30-14-25-19(28-30)16-3-1-15(2-4-16)13-26-27-20(33)29-9-11-31-12-10-29/h1-8,13-14H,9-12H2,(H,27,33)/b26-13+. The van der Waals surface area contributed by atoms with Crippen LogP contribution in [0.1, 0.15) is 5.56 Å². The molecule has 1 N–H and O–H groups in total. The zero-order chi connectivity index (χ0) is 23.3. The van der Waals surface area contributed by atoms with Gasteiger partial charge >= 0.3 is 6.36 Å². The van der Waals surface area contributed by atoms with Gasteiger partial charge in [-0.3, -0.25) is 5.43 Å². The number of aromatic nitrogens is 3. The maximum absolute atomic E-state index is 12.3. The van der Waals surface area contributed by atoms with Crippen LogP contribution in [0.25, 0.3) is 17.1 Å². The predicted octanol–water partition coefficient (Wildman–Crippen LogP) is 3.37. The van der Waals surface area contributed by atoms with E-state index in [1.807, 2.05) is 29.2 Å². The number of thiocarbonyl (C=S) groups is 1. The number of nitrogens with zero attached hydrogens (tertiary/aromatic N) is 5. The van der Waals surface area contributed by atoms with E-state index < -0.39 is 6.36 Å². The van der Waals surface area contributed by atoms with Gasteiger partial charge in [0.15, 0.2) is 10.9 Å². The molecule has 1 fully saturated rings. The van der Waals surface area contributed by atoms with Gasteiger partial charge in [-0.15, -0.1) is 18.3 Å². The van der Waals surface area contributed by atoms with E-state index in [1.54, 1.807) is 6.21 Å². The van der Waals surface area contributed by atoms with Gasteiger partial charge in [-0.05, 0) is 42.0 Å². The second-order valence-electron chi connectivity index (χ2n) is 6.95. The summed E-state index contributed by atoms with van der Waals surface area (Å²) < 4.78 is 47.5. The van der Waals surface area contributed by atoms with E-state index in [0.29, 0.717) is 29.8 Å². The first-order valence-corrected chi connectivity index (χ1v) is 10.3. The Morgan fingerprint density at radius 1 is 1.09 bits per heavy atom. The van der Waals surface area contributed by atoms with Crippen molar-refractivity contribution in [1.82, 2.24) is 25.1 Å². The summed E-state index contributed by atoms with van der Waals surface area (Å²) in [4.78, 5) is 6.27. The molecule has 0 spiro atoms. The van der Waals surface area contributed by atoms with Gasteiger partial charge in [0.1, 0.15) is 12.1 Å². The molecule has 0 amide bonds. The van der Waals surface area contributed by atoms with Crippen LogP contribution >= 0.6 is 12.2 Å². The van der Waals surface area contributed by atoms with Gasteiger partial charge in [-0.1, -0.05) is 24.3 Å². The average molecular weight is 476 g/mol. The molecule has 12 heteroatoms. The van der Waals surface area contributed by atoms with E-state index in [9.17, 15) is 13.2 Å². The minimum absolute atomic E-state index is 0.302. The molecule has 2 heterocycles. The van der Waals surface area contributed by atoms with Gasteiger partial charge in [0, 0.05) is 18.7 Å². The smallest absolute Gasteiger partial charge is 0.406 e. The molecule has 8 nitrogen and oxygen atoms in total. The van der Waals surface area contributed by atoms with Crippen LogP contribution in [0.3, 0.4) is 0 Å². The monoisotopic (exact) mass is 476 g/mol. The molecule has 0 radical (unpaired) electrons. The second kappa shape index (κ2) is 9.96. The van der Waals surface area contributed by atoms with Crippen molar-refractivity contribution in [1.29, 1.82) is 0 Å². The Bertz CT molecular complexity index is 1110. The highest BCUT2D eigenvalue weighted by molar-refractivity contribution is 7.80. The Balaban J connectivity index is 1.36. The Kier molecular flexibility index (Phi) is 6.84. The number of halogens is 3. The summed E-state index contributed by atoms with van der Waals surface area (Å²) in [5.74, 6) is 0.171. The Labute approximate surface area is 192 Å². The third-order valence-electron chi connectivity index (χ3n) is 4.67. The number of nitrogens with one attached hydrogen (secondary N) is 1. The van der Waals surface area contributed by atoms with Crippen molar-refractivity contribution in [3.05, 3.63) is 60.4 Å². The first-order chi connectivity index (χ1) is 15.9. The van der Waals surface area contributed by atoms with Crippen LogP contribution in [0, 0.1) is 0 Å². The third kappa shape index (κ3) is 6.26. The largest absolute Gasteiger partial charge is 0.573 e. The molecule has 0 atom stereocenters. The van der Waals surface area contributed by atoms with Crippen LogP contribution in [-0.4, -0.2) is 63.7 Å². The van der Waals surface area contributed by atoms with Crippen molar-refractivity contribution in [2.24, 2.45) is 5.10 Å². The van der Waals surface area contributed by atoms with Gasteiger partial charge in [0.2, 0.25) is 0 Å². The van der Waals surface area contributed by atoms with Gasteiger partial charge in [0.05, 0.1) is 25.1 Å². The van der Waals surface area contributed by atoms with Crippen LogP contribution in [0.4, 0.5) is 13.2 Å². The molecular formula is C21H19F3N6O2S. The van der Waals surface area contributed by atoms with Gasteiger partial charge in [-0.2, -0.15) is 5.10 Å². The normalized spacial score (nSPS) is 14.5. The number of benzene rings is 2. The lowest BCUT2D eigenvalue weighted by molar-refractivity contribution is -0.274. The molecule has 4 rings (SSSR count). The molecule has 1 saturated heterocycles. The molecule has 1 aliphatic heterocycles. The van der Waals surface area contributed by atoms with E-state index >= 15 is 0 Å². The molecule has 0 saturated carbocycles. The molecule has 33 heavy (non-hydrogen) atoms. The fraction of sp³-hybridized carbons (Fsp3) is 0.238. The molecule has 1 aromatic heterocycles. The lowest BCUT2D eigenvalue weighted by atomic mass is 10.1. The minimum atomic E-state index is -4.73. The zero-order valence-corrected chi connectivity index (χ0v) is 18.0. The summed E-state index contributed by atoms with van der Waals surface area (Å²) in [7, 11) is 0. The summed E-state index contributed by atoms with van der Waals surface area (Å²) in [5.41, 5.74) is 5.04. The van der Waals surface area contributed by atoms with Crippen molar-refractivity contribution in [3.8, 4) is 22.8 Å². The summed E-state index contributed by atoms with van der Waals surface area (Å²) in [6.07, 6.45) is -1.59. The Hall–Kier alpha value is -3.51. The van der Waals surface area contributed by atoms with Crippen molar-refractivity contribution < 1.29 is 22.6 Å². The number of hydrogen-bond donors (Lipinski definition) is 1. The molecule has 1 aliphatic rings. The minimum Gasteiger partial charge on any atom is -0.406 e. The number of ether oxygens (including phenoxy) is 2. The SMILES string of the molecule is FC(F)(F)Oc1ccc(-n2cnc(-c3ccc(/C=N/NC(=S)N4CCOCC4)cc3)n2)cc1. The van der Waals surface area contributed by atoms with Crippen molar-refractivity contribution in [2.45, 2.75) is 6.36 Å². The van der Waals surface area contributed by atoms with Crippen LogP contribution in [0.15, 0.2) is 60.0 Å². The van der Waals surface area contributed by atoms with E-state index in [1.165, 1.54) is 35.3 Å². The fourth-order valence-corrected chi connectivity index (χ4v) is 3.27. The topological polar surface area (TPSA) is 76.8 Å². The maximum atomic E-state index is 12.3. The third-order valence-corrected chi connectivity index (χ3v) is 5.02. The highest BCUT2D eigenvalue weighted by Gasteiger charge is 2.31. The Morgan fingerprint density at radius 3 is 2.45 bits per heavy atom. The quantitative estimate of drug-likeness (QED) is 0.344. The average Bonchev–Trinajstić information content (AvgIpc) is 3.30. The van der Waals surface area contributed by atoms with Gasteiger partial charge in [0.25, 0.3) is 0 Å². The molecule has 0 unspecified atom stereocenters. The number of morpholine rings is 1. The first-order valence-electron chi connectivity index (χ1n) is 9.91. The number of rotatable bonds is 5. The summed E-state index contributed by atoms with van der Waals surface area (Å²) in [6.45, 7) is 2.77. The fourth-order valence-electron chi connectivity index (χ4n) is 3.04. The highest BCUT2D eigenvalue weighted by Crippen LogP contribution is 2.24. The lowest BCUT2D eigenvalue weighted by Crippen LogP contribution is -2.44. The number of alkyl halides is 3. The van der Waals surface area contributed by atoms with Crippen LogP contribution in [0.5, 0.6) is 5.75 Å². The molecular weight excluding hydrogens is 457 g/mol. The van der Waals surface area contributed by atoms with Crippen molar-refractivity contribution >= 4 is 23.5 Å². The molecule has 172 valence electrons. The maximum Gasteiger partial charge on any atom is 0.573 e. The van der Waals surface area contributed by atoms with E-state index in [-0.39, 0.29) is 5.75 Å². The van der Waals surface area contributed by atoms with E-state index in [0.717, 1.165) is 24.2 Å². The Morgan fingerprint density at radius 2 is 1.79 bits per heavy atom. The summed E-state index contributed by atoms with van der Waals surface area (Å²) in [5, 5.41) is 9.12. The molecule has 2 aromatic carbocycles. The van der Waals surface area contributed by atoms with Crippen LogP contribution < -0.4 is 10.2 Å². The van der Waals surface area contributed by atoms with Gasteiger partial charge in [-0.25, -0.2) is 9.67 Å². The van der Waals surface area contributed by atoms with E-state index in [2.05, 4.69) is 25.3 Å². The highest BCUT2D eigenvalue weighted by atomic mass is 32.1. The lowest BCUT2D eigenvalue weighted by Gasteiger charge is -2.28. The molecule has 0 bridgehead atoms. The van der Waals surface area contributed by atoms with Crippen LogP contribution in [-0.2, 0) is 4.74 Å². The summed E-state index contributed by atoms with van der Waals surface area (Å²) >= 11 is 5.32. The predicted molar refractivity (Wildman–Crippen MR) is 119 cm³/mol. The van der Waals surface area contributed by atoms with Crippen molar-refractivity contribution in [3.63, 3.8) is 0 Å². The summed E-state index contributed by atoms with van der Waals surface area (Å²) in [6, 6.07) is 12.8. The van der Waals surface area contributed by atoms with Crippen LogP contribution in [0.2, 0.25) is 0 Å². The first kappa shape index (κ1) is 22.7. The zero-order valence-electron chi connectivity index (χ0n) is 17.2. The molecule has 0 aliphatic carbocycles. The van der Waals surface area contributed by atoms with Gasteiger partial charge < -0.3 is 14.4 Å². The van der Waals surface area contributed by atoms with E-state index in [4.69, 9.17) is 17.0 Å².